The van der Waals surface area contributed by atoms with Gasteiger partial charge in [0.25, 0.3) is 10.0 Å². The summed E-state index contributed by atoms with van der Waals surface area (Å²) >= 11 is 0. The lowest BCUT2D eigenvalue weighted by atomic mass is 9.99. The van der Waals surface area contributed by atoms with E-state index in [9.17, 15) is 8.42 Å². The first-order valence-corrected chi connectivity index (χ1v) is 12.4. The van der Waals surface area contributed by atoms with Crippen molar-refractivity contribution in [3.63, 3.8) is 0 Å². The molecule has 7 nitrogen and oxygen atoms in total. The van der Waals surface area contributed by atoms with E-state index in [4.69, 9.17) is 4.74 Å². The Labute approximate surface area is 189 Å². The minimum atomic E-state index is -3.77. The average molecular weight is 453 g/mol. The van der Waals surface area contributed by atoms with Crippen molar-refractivity contribution < 1.29 is 13.2 Å². The molecule has 2 aromatic carbocycles. The van der Waals surface area contributed by atoms with Crippen LogP contribution in [0.4, 0.5) is 11.5 Å². The van der Waals surface area contributed by atoms with Gasteiger partial charge in [0.15, 0.2) is 5.82 Å². The molecule has 2 heterocycles. The summed E-state index contributed by atoms with van der Waals surface area (Å²) in [6.07, 6.45) is 2.35. The Morgan fingerprint density at radius 1 is 1.00 bits per heavy atom. The first-order chi connectivity index (χ1) is 15.5. The van der Waals surface area contributed by atoms with Gasteiger partial charge in [-0.05, 0) is 62.1 Å². The zero-order valence-electron chi connectivity index (χ0n) is 18.4. The Bertz CT molecular complexity index is 1140. The maximum Gasteiger partial charge on any atom is 0.265 e. The van der Waals surface area contributed by atoms with Gasteiger partial charge in [-0.1, -0.05) is 31.2 Å². The number of benzene rings is 2. The number of anilines is 2. The maximum absolute atomic E-state index is 12.8. The SMILES string of the molecule is CCOc1ccccc1S(=O)(=O)Nc1ccc(-c2ccc(N3CCC(C)CC3)nn2)cc1. The summed E-state index contributed by atoms with van der Waals surface area (Å²) in [5.41, 5.74) is 2.08. The number of rotatable bonds is 7. The van der Waals surface area contributed by atoms with Crippen LogP contribution in [0.1, 0.15) is 26.7 Å². The smallest absolute Gasteiger partial charge is 0.265 e. The Morgan fingerprint density at radius 3 is 2.38 bits per heavy atom. The van der Waals surface area contributed by atoms with E-state index >= 15 is 0 Å². The quantitative estimate of drug-likeness (QED) is 0.565. The Kier molecular flexibility index (Phi) is 6.60. The number of aromatic nitrogens is 2. The van der Waals surface area contributed by atoms with E-state index in [0.29, 0.717) is 18.0 Å². The molecule has 4 rings (SSSR count). The second-order valence-corrected chi connectivity index (χ2v) is 9.66. The standard InChI is InChI=1S/C24H28N4O3S/c1-3-31-22-6-4-5-7-23(22)32(29,30)27-20-10-8-19(9-11-20)21-12-13-24(26-25-21)28-16-14-18(2)15-17-28/h4-13,18,27H,3,14-17H2,1-2H3. The first-order valence-electron chi connectivity index (χ1n) is 10.9. The third-order valence-electron chi connectivity index (χ3n) is 5.63. The molecule has 0 bridgehead atoms. The highest BCUT2D eigenvalue weighted by molar-refractivity contribution is 7.92. The van der Waals surface area contributed by atoms with E-state index < -0.39 is 10.0 Å². The monoisotopic (exact) mass is 452 g/mol. The van der Waals surface area contributed by atoms with Gasteiger partial charge in [0.05, 0.1) is 12.3 Å². The summed E-state index contributed by atoms with van der Waals surface area (Å²) in [6, 6.07) is 17.7. The normalized spacial score (nSPS) is 14.9. The molecule has 3 aromatic rings. The van der Waals surface area contributed by atoms with Gasteiger partial charge in [0.2, 0.25) is 0 Å². The molecule has 1 aromatic heterocycles. The van der Waals surface area contributed by atoms with Crippen LogP contribution in [0.25, 0.3) is 11.3 Å². The number of para-hydroxylation sites is 1. The molecule has 0 aliphatic carbocycles. The molecular formula is C24H28N4O3S. The van der Waals surface area contributed by atoms with E-state index in [0.717, 1.165) is 36.1 Å². The topological polar surface area (TPSA) is 84.4 Å². The minimum Gasteiger partial charge on any atom is -0.492 e. The molecule has 0 spiro atoms. The van der Waals surface area contributed by atoms with Crippen LogP contribution in [-0.2, 0) is 10.0 Å². The number of nitrogens with zero attached hydrogens (tertiary/aromatic N) is 3. The van der Waals surface area contributed by atoms with Gasteiger partial charge in [0, 0.05) is 24.3 Å². The predicted molar refractivity (Wildman–Crippen MR) is 126 cm³/mol. The van der Waals surface area contributed by atoms with Crippen LogP contribution in [0.3, 0.4) is 0 Å². The molecule has 168 valence electrons. The van der Waals surface area contributed by atoms with Gasteiger partial charge in [-0.15, -0.1) is 10.2 Å². The average Bonchev–Trinajstić information content (AvgIpc) is 2.81. The van der Waals surface area contributed by atoms with E-state index in [1.807, 2.05) is 31.2 Å². The van der Waals surface area contributed by atoms with Crippen molar-refractivity contribution in [3.05, 3.63) is 60.7 Å². The summed E-state index contributed by atoms with van der Waals surface area (Å²) in [6.45, 7) is 6.51. The molecule has 1 aliphatic heterocycles. The molecule has 0 unspecified atom stereocenters. The molecule has 0 atom stereocenters. The van der Waals surface area contributed by atoms with Crippen LogP contribution < -0.4 is 14.4 Å². The van der Waals surface area contributed by atoms with Gasteiger partial charge in [-0.3, -0.25) is 4.72 Å². The molecule has 1 saturated heterocycles. The van der Waals surface area contributed by atoms with Gasteiger partial charge < -0.3 is 9.64 Å². The number of hydrogen-bond acceptors (Lipinski definition) is 6. The van der Waals surface area contributed by atoms with Gasteiger partial charge in [-0.25, -0.2) is 8.42 Å². The highest BCUT2D eigenvalue weighted by Crippen LogP contribution is 2.27. The molecule has 0 saturated carbocycles. The number of ether oxygens (including phenoxy) is 1. The third-order valence-corrected chi connectivity index (χ3v) is 7.05. The lowest BCUT2D eigenvalue weighted by molar-refractivity contribution is 0.331. The van der Waals surface area contributed by atoms with Crippen molar-refractivity contribution in [2.24, 2.45) is 5.92 Å². The van der Waals surface area contributed by atoms with E-state index in [1.54, 1.807) is 30.3 Å². The minimum absolute atomic E-state index is 0.111. The molecular weight excluding hydrogens is 424 g/mol. The summed E-state index contributed by atoms with van der Waals surface area (Å²) in [4.78, 5) is 2.38. The number of sulfonamides is 1. The van der Waals surface area contributed by atoms with Crippen LogP contribution in [0, 0.1) is 5.92 Å². The molecule has 0 radical (unpaired) electrons. The summed E-state index contributed by atoms with van der Waals surface area (Å²) in [5, 5.41) is 8.78. The summed E-state index contributed by atoms with van der Waals surface area (Å²) < 4.78 is 33.8. The van der Waals surface area contributed by atoms with Crippen LogP contribution in [0.2, 0.25) is 0 Å². The van der Waals surface area contributed by atoms with E-state index in [-0.39, 0.29) is 4.90 Å². The second-order valence-electron chi connectivity index (χ2n) is 8.01. The maximum atomic E-state index is 12.8. The zero-order valence-corrected chi connectivity index (χ0v) is 19.2. The highest BCUT2D eigenvalue weighted by Gasteiger charge is 2.20. The third kappa shape index (κ3) is 5.02. The largest absolute Gasteiger partial charge is 0.492 e. The van der Waals surface area contributed by atoms with E-state index in [2.05, 4.69) is 26.7 Å². The number of hydrogen-bond donors (Lipinski definition) is 1. The highest BCUT2D eigenvalue weighted by atomic mass is 32.2. The molecule has 32 heavy (non-hydrogen) atoms. The predicted octanol–water partition coefficient (Wildman–Crippen LogP) is 4.58. The Morgan fingerprint density at radius 2 is 1.72 bits per heavy atom. The lowest BCUT2D eigenvalue weighted by Crippen LogP contribution is -2.33. The molecule has 1 fully saturated rings. The van der Waals surface area contributed by atoms with Crippen molar-refractivity contribution in [2.45, 2.75) is 31.6 Å². The fourth-order valence-corrected chi connectivity index (χ4v) is 4.96. The van der Waals surface area contributed by atoms with Crippen molar-refractivity contribution in [1.82, 2.24) is 10.2 Å². The molecule has 8 heteroatoms. The number of piperidine rings is 1. The molecule has 1 aliphatic rings. The molecule has 1 N–H and O–H groups in total. The van der Waals surface area contributed by atoms with Gasteiger partial charge in [-0.2, -0.15) is 0 Å². The number of nitrogens with one attached hydrogen (secondary N) is 1. The Balaban J connectivity index is 1.46. The Hall–Kier alpha value is -3.13. The lowest BCUT2D eigenvalue weighted by Gasteiger charge is -2.30. The zero-order chi connectivity index (χ0) is 22.6. The summed E-state index contributed by atoms with van der Waals surface area (Å²) in [7, 11) is -3.77. The van der Waals surface area contributed by atoms with E-state index in [1.165, 1.54) is 18.9 Å². The first kappa shape index (κ1) is 22.1. The van der Waals surface area contributed by atoms with Crippen LogP contribution in [-0.4, -0.2) is 38.3 Å². The summed E-state index contributed by atoms with van der Waals surface area (Å²) in [5.74, 6) is 2.00. The van der Waals surface area contributed by atoms with Gasteiger partial charge in [0.1, 0.15) is 10.6 Å². The van der Waals surface area contributed by atoms with Crippen molar-refractivity contribution in [3.8, 4) is 17.0 Å². The van der Waals surface area contributed by atoms with Gasteiger partial charge >= 0.3 is 0 Å². The van der Waals surface area contributed by atoms with Crippen molar-refractivity contribution in [1.29, 1.82) is 0 Å². The second kappa shape index (κ2) is 9.56. The van der Waals surface area contributed by atoms with Crippen LogP contribution in [0.5, 0.6) is 5.75 Å². The molecule has 0 amide bonds. The fourth-order valence-electron chi connectivity index (χ4n) is 3.75. The fraction of sp³-hybridized carbons (Fsp3) is 0.333. The van der Waals surface area contributed by atoms with Crippen LogP contribution >= 0.6 is 0 Å². The van der Waals surface area contributed by atoms with Crippen molar-refractivity contribution >= 4 is 21.5 Å². The van der Waals surface area contributed by atoms with Crippen molar-refractivity contribution in [2.75, 3.05) is 29.3 Å². The van der Waals surface area contributed by atoms with Crippen LogP contribution in [0.15, 0.2) is 65.6 Å².